The molecule has 0 aliphatic heterocycles. The predicted molar refractivity (Wildman–Crippen MR) is 72.0 cm³/mol. The minimum absolute atomic E-state index is 0.373. The fraction of sp³-hybridized carbons (Fsp3) is 0.500. The lowest BCUT2D eigenvalue weighted by Crippen LogP contribution is -2.37. The normalized spacial score (nSPS) is 12.9. The molecule has 5 heteroatoms. The van der Waals surface area contributed by atoms with Crippen LogP contribution in [0.3, 0.4) is 0 Å². The zero-order chi connectivity index (χ0) is 14.4. The van der Waals surface area contributed by atoms with Gasteiger partial charge in [-0.3, -0.25) is 9.69 Å². The topological polar surface area (TPSA) is 59.0 Å². The van der Waals surface area contributed by atoms with Crippen molar-refractivity contribution in [2.24, 2.45) is 0 Å². The summed E-state index contributed by atoms with van der Waals surface area (Å²) in [5.74, 6) is -0.890. The summed E-state index contributed by atoms with van der Waals surface area (Å²) in [6, 6.07) is 6.78. The van der Waals surface area contributed by atoms with E-state index in [4.69, 9.17) is 9.47 Å². The van der Waals surface area contributed by atoms with Crippen molar-refractivity contribution in [3.8, 4) is 0 Å². The SMILES string of the molecule is COC(CN(C)C(C(=O)O)c1cccc(C)c1)OC. The number of hydrogen-bond donors (Lipinski definition) is 1. The monoisotopic (exact) mass is 267 g/mol. The van der Waals surface area contributed by atoms with Gasteiger partial charge in [0.1, 0.15) is 6.04 Å². The van der Waals surface area contributed by atoms with Crippen LogP contribution in [0.15, 0.2) is 24.3 Å². The summed E-state index contributed by atoms with van der Waals surface area (Å²) in [6.45, 7) is 2.31. The zero-order valence-electron chi connectivity index (χ0n) is 11.8. The summed E-state index contributed by atoms with van der Waals surface area (Å²) < 4.78 is 10.2. The second-order valence-corrected chi connectivity index (χ2v) is 4.50. The van der Waals surface area contributed by atoms with E-state index >= 15 is 0 Å². The first kappa shape index (κ1) is 15.6. The maximum absolute atomic E-state index is 11.5. The van der Waals surface area contributed by atoms with Gasteiger partial charge in [0.05, 0.1) is 6.54 Å². The van der Waals surface area contributed by atoms with Gasteiger partial charge in [0.25, 0.3) is 0 Å². The van der Waals surface area contributed by atoms with Crippen molar-refractivity contribution < 1.29 is 19.4 Å². The number of ether oxygens (including phenoxy) is 2. The number of rotatable bonds is 7. The Bertz CT molecular complexity index is 418. The number of carboxylic acids is 1. The van der Waals surface area contributed by atoms with Crippen LogP contribution in [0.5, 0.6) is 0 Å². The first-order valence-electron chi connectivity index (χ1n) is 6.04. The average Bonchev–Trinajstić information content (AvgIpc) is 2.35. The average molecular weight is 267 g/mol. The Morgan fingerprint density at radius 2 is 2.00 bits per heavy atom. The Labute approximate surface area is 113 Å². The van der Waals surface area contributed by atoms with E-state index in [2.05, 4.69) is 0 Å². The summed E-state index contributed by atoms with van der Waals surface area (Å²) in [5.41, 5.74) is 1.79. The number of benzene rings is 1. The Hall–Kier alpha value is -1.43. The number of aryl methyl sites for hydroxylation is 1. The largest absolute Gasteiger partial charge is 0.480 e. The van der Waals surface area contributed by atoms with Crippen molar-refractivity contribution in [2.45, 2.75) is 19.3 Å². The van der Waals surface area contributed by atoms with E-state index < -0.39 is 18.3 Å². The molecule has 1 aromatic carbocycles. The van der Waals surface area contributed by atoms with Crippen LogP contribution in [-0.4, -0.2) is 50.1 Å². The predicted octanol–water partition coefficient (Wildman–Crippen LogP) is 1.67. The molecule has 1 atom stereocenters. The summed E-state index contributed by atoms with van der Waals surface area (Å²) in [6.07, 6.45) is -0.448. The Morgan fingerprint density at radius 1 is 1.37 bits per heavy atom. The standard InChI is InChI=1S/C14H21NO4/c1-10-6-5-7-11(8-10)13(14(16)17)15(2)9-12(18-3)19-4/h5-8,12-13H,9H2,1-4H3,(H,16,17). The van der Waals surface area contributed by atoms with E-state index in [1.54, 1.807) is 11.9 Å². The zero-order valence-corrected chi connectivity index (χ0v) is 11.8. The van der Waals surface area contributed by atoms with Gasteiger partial charge in [-0.15, -0.1) is 0 Å². The van der Waals surface area contributed by atoms with E-state index in [1.807, 2.05) is 31.2 Å². The highest BCUT2D eigenvalue weighted by Gasteiger charge is 2.26. The van der Waals surface area contributed by atoms with Crippen molar-refractivity contribution in [1.82, 2.24) is 4.90 Å². The summed E-state index contributed by atoms with van der Waals surface area (Å²) in [7, 11) is 4.81. The fourth-order valence-corrected chi connectivity index (χ4v) is 2.01. The van der Waals surface area contributed by atoms with Gasteiger partial charge < -0.3 is 14.6 Å². The highest BCUT2D eigenvalue weighted by Crippen LogP contribution is 2.21. The first-order valence-corrected chi connectivity index (χ1v) is 6.04. The number of carbonyl (C=O) groups is 1. The van der Waals surface area contributed by atoms with Gasteiger partial charge >= 0.3 is 5.97 Å². The maximum atomic E-state index is 11.5. The number of nitrogens with zero attached hydrogens (tertiary/aromatic N) is 1. The van der Waals surface area contributed by atoms with Crippen LogP contribution in [0.2, 0.25) is 0 Å². The smallest absolute Gasteiger partial charge is 0.325 e. The van der Waals surface area contributed by atoms with Crippen molar-refractivity contribution in [3.63, 3.8) is 0 Å². The minimum atomic E-state index is -0.890. The second kappa shape index (κ2) is 7.23. The number of carboxylic acid groups (broad SMARTS) is 1. The molecule has 0 saturated heterocycles. The molecule has 1 rings (SSSR count). The molecular weight excluding hydrogens is 246 g/mol. The van der Waals surface area contributed by atoms with Gasteiger partial charge in [0.15, 0.2) is 6.29 Å². The fourth-order valence-electron chi connectivity index (χ4n) is 2.01. The van der Waals surface area contributed by atoms with Crippen LogP contribution in [-0.2, 0) is 14.3 Å². The quantitative estimate of drug-likeness (QED) is 0.762. The van der Waals surface area contributed by atoms with E-state index in [9.17, 15) is 9.90 Å². The van der Waals surface area contributed by atoms with Crippen molar-refractivity contribution in [3.05, 3.63) is 35.4 Å². The highest BCUT2D eigenvalue weighted by molar-refractivity contribution is 5.75. The molecule has 1 aromatic rings. The Morgan fingerprint density at radius 3 is 2.47 bits per heavy atom. The highest BCUT2D eigenvalue weighted by atomic mass is 16.7. The van der Waals surface area contributed by atoms with Gasteiger partial charge in [0, 0.05) is 14.2 Å². The van der Waals surface area contributed by atoms with Crippen LogP contribution in [0.25, 0.3) is 0 Å². The van der Waals surface area contributed by atoms with Crippen LogP contribution in [0, 0.1) is 6.92 Å². The molecule has 0 aliphatic carbocycles. The van der Waals surface area contributed by atoms with E-state index in [0.29, 0.717) is 6.54 Å². The second-order valence-electron chi connectivity index (χ2n) is 4.50. The third-order valence-corrected chi connectivity index (χ3v) is 3.00. The van der Waals surface area contributed by atoms with Crippen LogP contribution >= 0.6 is 0 Å². The van der Waals surface area contributed by atoms with E-state index in [-0.39, 0.29) is 0 Å². The third-order valence-electron chi connectivity index (χ3n) is 3.00. The Kier molecular flexibility index (Phi) is 5.95. The number of likely N-dealkylation sites (N-methyl/N-ethyl adjacent to an activating group) is 1. The molecule has 106 valence electrons. The molecule has 0 fully saturated rings. The molecule has 0 aromatic heterocycles. The molecule has 0 bridgehead atoms. The van der Waals surface area contributed by atoms with Crippen LogP contribution in [0.4, 0.5) is 0 Å². The lowest BCUT2D eigenvalue weighted by atomic mass is 10.0. The van der Waals surface area contributed by atoms with Crippen molar-refractivity contribution in [1.29, 1.82) is 0 Å². The van der Waals surface area contributed by atoms with E-state index in [0.717, 1.165) is 11.1 Å². The van der Waals surface area contributed by atoms with Gasteiger partial charge in [0.2, 0.25) is 0 Å². The molecule has 0 aliphatic rings. The van der Waals surface area contributed by atoms with Gasteiger partial charge in [-0.2, -0.15) is 0 Å². The number of methoxy groups -OCH3 is 2. The molecule has 19 heavy (non-hydrogen) atoms. The first-order chi connectivity index (χ1) is 8.99. The molecule has 1 N–H and O–H groups in total. The van der Waals surface area contributed by atoms with E-state index in [1.165, 1.54) is 14.2 Å². The van der Waals surface area contributed by atoms with Crippen LogP contribution in [0.1, 0.15) is 17.2 Å². The number of aliphatic carboxylic acids is 1. The summed E-state index contributed by atoms with van der Waals surface area (Å²) >= 11 is 0. The maximum Gasteiger partial charge on any atom is 0.325 e. The molecule has 1 unspecified atom stereocenters. The third kappa shape index (κ3) is 4.31. The molecule has 0 radical (unpaired) electrons. The summed E-state index contributed by atoms with van der Waals surface area (Å²) in [4.78, 5) is 13.2. The molecule has 0 heterocycles. The number of hydrogen-bond acceptors (Lipinski definition) is 4. The molecular formula is C14H21NO4. The van der Waals surface area contributed by atoms with Crippen LogP contribution < -0.4 is 0 Å². The summed E-state index contributed by atoms with van der Waals surface area (Å²) in [5, 5.41) is 9.42. The molecule has 0 spiro atoms. The molecule has 0 amide bonds. The van der Waals surface area contributed by atoms with Crippen molar-refractivity contribution >= 4 is 5.97 Å². The lowest BCUT2D eigenvalue weighted by molar-refractivity contribution is -0.148. The minimum Gasteiger partial charge on any atom is -0.480 e. The lowest BCUT2D eigenvalue weighted by Gasteiger charge is -2.28. The van der Waals surface area contributed by atoms with Crippen molar-refractivity contribution in [2.75, 3.05) is 27.8 Å². The molecule has 0 saturated carbocycles. The molecule has 5 nitrogen and oxygen atoms in total. The Balaban J connectivity index is 2.91. The van der Waals surface area contributed by atoms with Gasteiger partial charge in [-0.05, 0) is 19.5 Å². The van der Waals surface area contributed by atoms with Gasteiger partial charge in [-0.25, -0.2) is 0 Å². The van der Waals surface area contributed by atoms with Gasteiger partial charge in [-0.1, -0.05) is 29.8 Å².